The van der Waals surface area contributed by atoms with Crippen LogP contribution in [0.3, 0.4) is 0 Å². The summed E-state index contributed by atoms with van der Waals surface area (Å²) in [6.45, 7) is 4.72. The second-order valence-corrected chi connectivity index (χ2v) is 17.7. The number of benzene rings is 9. The van der Waals surface area contributed by atoms with Gasteiger partial charge in [0.15, 0.2) is 17.5 Å². The van der Waals surface area contributed by atoms with Gasteiger partial charge in [-0.3, -0.25) is 0 Å². The first-order chi connectivity index (χ1) is 32.0. The van der Waals surface area contributed by atoms with Crippen molar-refractivity contribution in [1.29, 1.82) is 0 Å². The van der Waals surface area contributed by atoms with Gasteiger partial charge in [0.05, 0.1) is 22.1 Å². The molecule has 3 heterocycles. The Bertz CT molecular complexity index is 3770. The standard InChI is InChI=1S/C60H41N5/c1-60(2)51-24-14-12-22-45(51)47-36-50-49-35-42(41-28-32-54-48(34-41)46-23-13-15-25-53(46)64(54)43-20-10-5-11-21-43)29-33-55(49)65(56(50)37-52(47)60)44-30-26-40(27-31-44)59-62-57(38-16-6-3-7-17-38)61-58(63-59)39-18-8-4-9-19-39/h3-37H,1-2H3. The van der Waals surface area contributed by atoms with E-state index in [1.165, 1.54) is 71.5 Å². The highest BCUT2D eigenvalue weighted by Crippen LogP contribution is 2.51. The van der Waals surface area contributed by atoms with Gasteiger partial charge in [0.2, 0.25) is 0 Å². The van der Waals surface area contributed by atoms with E-state index in [0.717, 1.165) is 33.6 Å². The normalized spacial score (nSPS) is 12.9. The van der Waals surface area contributed by atoms with Crippen LogP contribution in [0, 0.1) is 0 Å². The van der Waals surface area contributed by atoms with Gasteiger partial charge < -0.3 is 9.13 Å². The highest BCUT2D eigenvalue weighted by Gasteiger charge is 2.36. The number of para-hydroxylation sites is 2. The summed E-state index contributed by atoms with van der Waals surface area (Å²) in [4.78, 5) is 15.0. The van der Waals surface area contributed by atoms with Gasteiger partial charge in [-0.05, 0) is 112 Å². The molecule has 12 aromatic rings. The van der Waals surface area contributed by atoms with Crippen molar-refractivity contribution >= 4 is 43.6 Å². The minimum Gasteiger partial charge on any atom is -0.309 e. The number of aromatic nitrogens is 5. The fourth-order valence-electron chi connectivity index (χ4n) is 10.4. The van der Waals surface area contributed by atoms with Gasteiger partial charge in [0, 0.05) is 55.0 Å². The van der Waals surface area contributed by atoms with Gasteiger partial charge in [0.1, 0.15) is 0 Å². The van der Waals surface area contributed by atoms with Crippen molar-refractivity contribution in [2.75, 3.05) is 0 Å². The molecule has 5 nitrogen and oxygen atoms in total. The van der Waals surface area contributed by atoms with Crippen molar-refractivity contribution in [1.82, 2.24) is 24.1 Å². The van der Waals surface area contributed by atoms with Crippen LogP contribution in [0.1, 0.15) is 25.0 Å². The summed E-state index contributed by atoms with van der Waals surface area (Å²) in [5.41, 5.74) is 17.4. The van der Waals surface area contributed by atoms with Gasteiger partial charge in [-0.15, -0.1) is 0 Å². The molecular formula is C60H41N5. The van der Waals surface area contributed by atoms with E-state index in [1.807, 2.05) is 60.7 Å². The van der Waals surface area contributed by atoms with E-state index in [2.05, 4.69) is 175 Å². The van der Waals surface area contributed by atoms with Crippen LogP contribution in [-0.2, 0) is 5.41 Å². The van der Waals surface area contributed by atoms with E-state index in [4.69, 9.17) is 15.0 Å². The third-order valence-corrected chi connectivity index (χ3v) is 13.6. The predicted octanol–water partition coefficient (Wildman–Crippen LogP) is 15.0. The first kappa shape index (κ1) is 37.2. The largest absolute Gasteiger partial charge is 0.309 e. The molecular weight excluding hydrogens is 791 g/mol. The maximum atomic E-state index is 5.03. The van der Waals surface area contributed by atoms with Gasteiger partial charge in [-0.1, -0.05) is 147 Å². The third kappa shape index (κ3) is 5.82. The Morgan fingerprint density at radius 2 is 0.754 bits per heavy atom. The fraction of sp³-hybridized carbons (Fsp3) is 0.0500. The maximum absolute atomic E-state index is 5.03. The number of nitrogens with zero attached hydrogens (tertiary/aromatic N) is 5. The van der Waals surface area contributed by atoms with E-state index in [1.54, 1.807) is 0 Å². The topological polar surface area (TPSA) is 48.5 Å². The summed E-state index contributed by atoms with van der Waals surface area (Å²) in [6.07, 6.45) is 0. The summed E-state index contributed by atoms with van der Waals surface area (Å²) in [7, 11) is 0. The average Bonchev–Trinajstić information content (AvgIpc) is 3.96. The highest BCUT2D eigenvalue weighted by atomic mass is 15.0. The highest BCUT2D eigenvalue weighted by molar-refractivity contribution is 6.14. The molecule has 0 saturated heterocycles. The molecule has 65 heavy (non-hydrogen) atoms. The van der Waals surface area contributed by atoms with Crippen molar-refractivity contribution in [2.45, 2.75) is 19.3 Å². The zero-order chi connectivity index (χ0) is 43.2. The molecule has 3 aromatic heterocycles. The van der Waals surface area contributed by atoms with E-state index in [0.29, 0.717) is 17.5 Å². The lowest BCUT2D eigenvalue weighted by Gasteiger charge is -2.21. The van der Waals surface area contributed by atoms with E-state index < -0.39 is 0 Å². The summed E-state index contributed by atoms with van der Waals surface area (Å²) in [5.74, 6) is 1.93. The number of hydrogen-bond acceptors (Lipinski definition) is 3. The molecule has 0 atom stereocenters. The van der Waals surface area contributed by atoms with E-state index in [-0.39, 0.29) is 5.41 Å². The Morgan fingerprint density at radius 3 is 1.38 bits per heavy atom. The second-order valence-electron chi connectivity index (χ2n) is 17.7. The van der Waals surface area contributed by atoms with Crippen LogP contribution in [-0.4, -0.2) is 24.1 Å². The quantitative estimate of drug-likeness (QED) is 0.168. The SMILES string of the molecule is CC1(C)c2ccccc2-c2cc3c4cc(-c5ccc6c(c5)c5ccccc5n6-c5ccccc5)ccc4n(-c4ccc(-c5nc(-c6ccccc6)nc(-c6ccccc6)n5)cc4)c3cc21. The Labute approximate surface area is 376 Å². The minimum absolute atomic E-state index is 0.142. The molecule has 9 aromatic carbocycles. The molecule has 0 bridgehead atoms. The van der Waals surface area contributed by atoms with Crippen LogP contribution in [0.4, 0.5) is 0 Å². The number of fused-ring (bicyclic) bond motifs is 9. The molecule has 0 spiro atoms. The van der Waals surface area contributed by atoms with Crippen molar-refractivity contribution in [3.63, 3.8) is 0 Å². The molecule has 0 fully saturated rings. The summed E-state index contributed by atoms with van der Waals surface area (Å²) < 4.78 is 4.81. The second kappa shape index (κ2) is 14.3. The first-order valence-corrected chi connectivity index (χ1v) is 22.3. The van der Waals surface area contributed by atoms with Gasteiger partial charge >= 0.3 is 0 Å². The van der Waals surface area contributed by atoms with Crippen molar-refractivity contribution in [2.24, 2.45) is 0 Å². The molecule has 0 radical (unpaired) electrons. The third-order valence-electron chi connectivity index (χ3n) is 13.6. The monoisotopic (exact) mass is 831 g/mol. The van der Waals surface area contributed by atoms with Crippen LogP contribution in [0.5, 0.6) is 0 Å². The number of rotatable bonds is 6. The molecule has 0 unspecified atom stereocenters. The molecule has 0 aliphatic heterocycles. The summed E-state index contributed by atoms with van der Waals surface area (Å²) in [5, 5.41) is 4.94. The zero-order valence-electron chi connectivity index (χ0n) is 35.9. The lowest BCUT2D eigenvalue weighted by Crippen LogP contribution is -2.14. The van der Waals surface area contributed by atoms with Crippen LogP contribution in [0.2, 0.25) is 0 Å². The van der Waals surface area contributed by atoms with Crippen molar-refractivity contribution in [3.05, 3.63) is 223 Å². The van der Waals surface area contributed by atoms with Crippen LogP contribution >= 0.6 is 0 Å². The Hall–Kier alpha value is -8.41. The van der Waals surface area contributed by atoms with Crippen LogP contribution in [0.15, 0.2) is 212 Å². The molecule has 1 aliphatic rings. The first-order valence-electron chi connectivity index (χ1n) is 22.3. The molecule has 306 valence electrons. The van der Waals surface area contributed by atoms with Crippen molar-refractivity contribution < 1.29 is 0 Å². The Balaban J connectivity index is 0.986. The molecule has 0 saturated carbocycles. The smallest absolute Gasteiger partial charge is 0.164 e. The van der Waals surface area contributed by atoms with Crippen LogP contribution < -0.4 is 0 Å². The van der Waals surface area contributed by atoms with Gasteiger partial charge in [-0.25, -0.2) is 15.0 Å². The molecule has 13 rings (SSSR count). The summed E-state index contributed by atoms with van der Waals surface area (Å²) >= 11 is 0. The minimum atomic E-state index is -0.142. The van der Waals surface area contributed by atoms with Crippen LogP contribution in [0.25, 0.3) is 111 Å². The lowest BCUT2D eigenvalue weighted by atomic mass is 9.82. The molecule has 5 heteroatoms. The lowest BCUT2D eigenvalue weighted by molar-refractivity contribution is 0.661. The van der Waals surface area contributed by atoms with Crippen molar-refractivity contribution in [3.8, 4) is 67.8 Å². The van der Waals surface area contributed by atoms with Gasteiger partial charge in [-0.2, -0.15) is 0 Å². The zero-order valence-corrected chi connectivity index (χ0v) is 35.9. The summed E-state index contributed by atoms with van der Waals surface area (Å²) in [6, 6.07) is 76.2. The van der Waals surface area contributed by atoms with E-state index >= 15 is 0 Å². The molecule has 1 aliphatic carbocycles. The maximum Gasteiger partial charge on any atom is 0.164 e. The predicted molar refractivity (Wildman–Crippen MR) is 268 cm³/mol. The fourth-order valence-corrected chi connectivity index (χ4v) is 10.4. The Kier molecular flexibility index (Phi) is 8.18. The Morgan fingerprint density at radius 1 is 0.308 bits per heavy atom. The molecule has 0 N–H and O–H groups in total. The molecule has 0 amide bonds. The number of hydrogen-bond donors (Lipinski definition) is 0. The van der Waals surface area contributed by atoms with E-state index in [9.17, 15) is 0 Å². The van der Waals surface area contributed by atoms with Gasteiger partial charge in [0.25, 0.3) is 0 Å². The average molecular weight is 832 g/mol.